The molecule has 144 valence electrons. The number of benzene rings is 2. The van der Waals surface area contributed by atoms with Gasteiger partial charge in [-0.3, -0.25) is 5.10 Å². The van der Waals surface area contributed by atoms with Crippen molar-refractivity contribution >= 4 is 17.5 Å². The van der Waals surface area contributed by atoms with Crippen LogP contribution in [0.3, 0.4) is 0 Å². The Bertz CT molecular complexity index is 843. The van der Waals surface area contributed by atoms with E-state index in [1.807, 2.05) is 13.8 Å². The van der Waals surface area contributed by atoms with Crippen LogP contribution in [-0.4, -0.2) is 29.4 Å². The molecule has 0 aliphatic heterocycles. The van der Waals surface area contributed by atoms with Crippen LogP contribution in [0.25, 0.3) is 11.4 Å². The second kappa shape index (κ2) is 9.78. The van der Waals surface area contributed by atoms with Crippen LogP contribution in [0.5, 0.6) is 11.5 Å². The van der Waals surface area contributed by atoms with Crippen molar-refractivity contribution in [3.63, 3.8) is 0 Å². The lowest BCUT2D eigenvalue weighted by molar-refractivity contribution is 0.394. The number of hydrogen-bond donors (Lipinski definition) is 2. The van der Waals surface area contributed by atoms with Gasteiger partial charge in [0.15, 0.2) is 5.82 Å². The smallest absolute Gasteiger partial charge is 0.242 e. The predicted octanol–water partition coefficient (Wildman–Crippen LogP) is 4.92. The molecular formula is C19H22ClFN4O2. The van der Waals surface area contributed by atoms with Gasteiger partial charge in [-0.2, -0.15) is 4.98 Å². The largest absolute Gasteiger partial charge is 0.497 e. The van der Waals surface area contributed by atoms with E-state index in [9.17, 15) is 4.39 Å². The zero-order valence-corrected chi connectivity index (χ0v) is 16.4. The Morgan fingerprint density at radius 3 is 2.37 bits per heavy atom. The third-order valence-corrected chi connectivity index (χ3v) is 3.95. The second-order valence-electron chi connectivity index (χ2n) is 5.16. The van der Waals surface area contributed by atoms with Crippen molar-refractivity contribution in [1.82, 2.24) is 15.2 Å². The minimum absolute atomic E-state index is 0.171. The lowest BCUT2D eigenvalue weighted by Gasteiger charge is -2.06. The third kappa shape index (κ3) is 5.10. The number of nitrogens with one attached hydrogen (secondary N) is 2. The first kappa shape index (κ1) is 20.5. The number of aromatic amines is 1. The number of methoxy groups -OCH3 is 2. The molecule has 27 heavy (non-hydrogen) atoms. The summed E-state index contributed by atoms with van der Waals surface area (Å²) >= 11 is 6.01. The van der Waals surface area contributed by atoms with Gasteiger partial charge in [0.05, 0.1) is 14.2 Å². The molecule has 0 spiro atoms. The number of nitrogens with zero attached hydrogens (tertiary/aromatic N) is 2. The maximum atomic E-state index is 13.8. The van der Waals surface area contributed by atoms with Crippen LogP contribution in [0.15, 0.2) is 36.4 Å². The van der Waals surface area contributed by atoms with Gasteiger partial charge in [-0.15, -0.1) is 5.10 Å². The molecule has 0 bridgehead atoms. The van der Waals surface area contributed by atoms with Gasteiger partial charge >= 0.3 is 0 Å². The highest BCUT2D eigenvalue weighted by molar-refractivity contribution is 6.31. The van der Waals surface area contributed by atoms with Crippen molar-refractivity contribution in [2.45, 2.75) is 20.4 Å². The van der Waals surface area contributed by atoms with Crippen LogP contribution in [0.1, 0.15) is 19.4 Å². The molecule has 0 aliphatic rings. The van der Waals surface area contributed by atoms with E-state index in [1.165, 1.54) is 6.07 Å². The lowest BCUT2D eigenvalue weighted by atomic mass is 10.2. The quantitative estimate of drug-likeness (QED) is 0.623. The van der Waals surface area contributed by atoms with Gasteiger partial charge in [0.2, 0.25) is 5.95 Å². The highest BCUT2D eigenvalue weighted by Crippen LogP contribution is 2.28. The highest BCUT2D eigenvalue weighted by Gasteiger charge is 2.11. The fraction of sp³-hybridized carbons (Fsp3) is 0.263. The van der Waals surface area contributed by atoms with Crippen LogP contribution in [0.2, 0.25) is 5.02 Å². The normalized spacial score (nSPS) is 10.0. The molecule has 0 atom stereocenters. The van der Waals surface area contributed by atoms with Crippen molar-refractivity contribution in [3.8, 4) is 22.9 Å². The molecule has 1 aromatic heterocycles. The molecule has 8 heteroatoms. The summed E-state index contributed by atoms with van der Waals surface area (Å²) in [5.74, 6) is 1.75. The fourth-order valence-electron chi connectivity index (χ4n) is 2.28. The average molecular weight is 393 g/mol. The van der Waals surface area contributed by atoms with Crippen LogP contribution < -0.4 is 14.8 Å². The Kier molecular flexibility index (Phi) is 7.43. The molecule has 2 N–H and O–H groups in total. The SMILES string of the molecule is CC.COc1cc(OC)cc(-c2nc(NCc3c(F)cccc3Cl)n[nH]2)c1. The Morgan fingerprint density at radius 2 is 1.78 bits per heavy atom. The molecule has 0 saturated heterocycles. The summed E-state index contributed by atoms with van der Waals surface area (Å²) in [6.07, 6.45) is 0. The Hall–Kier alpha value is -2.80. The summed E-state index contributed by atoms with van der Waals surface area (Å²) in [5.41, 5.74) is 1.11. The zero-order valence-electron chi connectivity index (χ0n) is 15.6. The molecule has 3 aromatic rings. The van der Waals surface area contributed by atoms with Crippen LogP contribution in [-0.2, 0) is 6.54 Å². The van der Waals surface area contributed by atoms with Crippen LogP contribution >= 0.6 is 11.6 Å². The molecule has 0 saturated carbocycles. The molecular weight excluding hydrogens is 371 g/mol. The number of aromatic nitrogens is 3. The number of hydrogen-bond acceptors (Lipinski definition) is 5. The summed E-state index contributed by atoms with van der Waals surface area (Å²) in [5, 5.41) is 10.2. The average Bonchev–Trinajstić information content (AvgIpc) is 3.18. The van der Waals surface area contributed by atoms with Crippen molar-refractivity contribution in [2.24, 2.45) is 0 Å². The maximum absolute atomic E-state index is 13.8. The van der Waals surface area contributed by atoms with E-state index < -0.39 is 0 Å². The van der Waals surface area contributed by atoms with Crippen LogP contribution in [0, 0.1) is 5.82 Å². The predicted molar refractivity (Wildman–Crippen MR) is 105 cm³/mol. The van der Waals surface area contributed by atoms with Crippen molar-refractivity contribution < 1.29 is 13.9 Å². The maximum Gasteiger partial charge on any atom is 0.242 e. The van der Waals surface area contributed by atoms with E-state index in [4.69, 9.17) is 21.1 Å². The number of H-pyrrole nitrogens is 1. The summed E-state index contributed by atoms with van der Waals surface area (Å²) in [6.45, 7) is 4.17. The molecule has 0 amide bonds. The van der Waals surface area contributed by atoms with Crippen LogP contribution in [0.4, 0.5) is 10.3 Å². The molecule has 0 fully saturated rings. The lowest BCUT2D eigenvalue weighted by Crippen LogP contribution is -2.03. The van der Waals surface area contributed by atoms with E-state index in [1.54, 1.807) is 44.6 Å². The van der Waals surface area contributed by atoms with Gasteiger partial charge < -0.3 is 14.8 Å². The van der Waals surface area contributed by atoms with E-state index in [0.29, 0.717) is 33.9 Å². The first-order chi connectivity index (χ1) is 13.1. The molecule has 0 aliphatic carbocycles. The Labute approximate surface area is 162 Å². The Balaban J connectivity index is 0.00000126. The van der Waals surface area contributed by atoms with E-state index in [2.05, 4.69) is 20.5 Å². The molecule has 2 aromatic carbocycles. The van der Waals surface area contributed by atoms with E-state index in [-0.39, 0.29) is 12.4 Å². The standard InChI is InChI=1S/C17H16ClFN4O2.C2H6/c1-24-11-6-10(7-12(8-11)25-2)16-21-17(23-22-16)20-9-13-14(18)4-3-5-15(13)19;1-2/h3-8H,9H2,1-2H3,(H2,20,21,22,23);1-2H3. The molecule has 6 nitrogen and oxygen atoms in total. The van der Waals surface area contributed by atoms with Gasteiger partial charge in [-0.1, -0.05) is 31.5 Å². The van der Waals surface area contributed by atoms with E-state index >= 15 is 0 Å². The molecule has 0 radical (unpaired) electrons. The van der Waals surface area contributed by atoms with Crippen molar-refractivity contribution in [3.05, 3.63) is 52.8 Å². The minimum atomic E-state index is -0.381. The minimum Gasteiger partial charge on any atom is -0.497 e. The number of rotatable bonds is 6. The summed E-state index contributed by atoms with van der Waals surface area (Å²) < 4.78 is 24.3. The topological polar surface area (TPSA) is 72.1 Å². The second-order valence-corrected chi connectivity index (χ2v) is 5.57. The summed E-state index contributed by atoms with van der Waals surface area (Å²) in [7, 11) is 3.15. The summed E-state index contributed by atoms with van der Waals surface area (Å²) in [6, 6.07) is 9.92. The third-order valence-electron chi connectivity index (χ3n) is 3.60. The number of anilines is 1. The van der Waals surface area contributed by atoms with Crippen molar-refractivity contribution in [1.29, 1.82) is 0 Å². The zero-order chi connectivity index (χ0) is 19.8. The van der Waals surface area contributed by atoms with Gasteiger partial charge in [-0.05, 0) is 24.3 Å². The van der Waals surface area contributed by atoms with Gasteiger partial charge in [-0.25, -0.2) is 4.39 Å². The first-order valence-electron chi connectivity index (χ1n) is 8.43. The monoisotopic (exact) mass is 392 g/mol. The van der Waals surface area contributed by atoms with Crippen molar-refractivity contribution in [2.75, 3.05) is 19.5 Å². The van der Waals surface area contributed by atoms with Gasteiger partial charge in [0.25, 0.3) is 0 Å². The molecule has 1 heterocycles. The Morgan fingerprint density at radius 1 is 1.11 bits per heavy atom. The fourth-order valence-corrected chi connectivity index (χ4v) is 2.51. The van der Waals surface area contributed by atoms with Gasteiger partial charge in [0.1, 0.15) is 17.3 Å². The number of halogens is 2. The highest BCUT2D eigenvalue weighted by atomic mass is 35.5. The van der Waals surface area contributed by atoms with Gasteiger partial charge in [0, 0.05) is 28.8 Å². The summed E-state index contributed by atoms with van der Waals surface area (Å²) in [4.78, 5) is 4.35. The molecule has 0 unspecified atom stereocenters. The molecule has 3 rings (SSSR count). The first-order valence-corrected chi connectivity index (χ1v) is 8.81. The van der Waals surface area contributed by atoms with E-state index in [0.717, 1.165) is 5.56 Å². The number of ether oxygens (including phenoxy) is 2.